The second-order valence-corrected chi connectivity index (χ2v) is 5.93. The number of hydrogen-bond acceptors (Lipinski definition) is 3. The van der Waals surface area contributed by atoms with Gasteiger partial charge in [0.1, 0.15) is 5.75 Å². The number of likely N-dealkylation sites (tertiary alicyclic amines) is 1. The Labute approximate surface area is 138 Å². The van der Waals surface area contributed by atoms with Gasteiger partial charge in [-0.1, -0.05) is 25.1 Å². The lowest BCUT2D eigenvalue weighted by Crippen LogP contribution is -2.42. The van der Waals surface area contributed by atoms with Gasteiger partial charge in [0.05, 0.1) is 7.11 Å². The average molecular weight is 318 g/mol. The number of carbonyl (C=O) groups is 2. The Morgan fingerprint density at radius 1 is 1.26 bits per heavy atom. The Kier molecular flexibility index (Phi) is 6.44. The molecule has 1 aromatic carbocycles. The highest BCUT2D eigenvalue weighted by atomic mass is 16.5. The molecule has 126 valence electrons. The molecule has 5 heteroatoms. The molecule has 1 saturated heterocycles. The van der Waals surface area contributed by atoms with E-state index in [1.807, 2.05) is 36.1 Å². The van der Waals surface area contributed by atoms with Crippen molar-refractivity contribution in [2.75, 3.05) is 20.2 Å². The van der Waals surface area contributed by atoms with Crippen LogP contribution in [0.15, 0.2) is 24.3 Å². The summed E-state index contributed by atoms with van der Waals surface area (Å²) in [6.45, 7) is 3.85. The van der Waals surface area contributed by atoms with Crippen LogP contribution in [0.1, 0.15) is 38.2 Å². The fourth-order valence-corrected chi connectivity index (χ4v) is 2.94. The zero-order valence-electron chi connectivity index (χ0n) is 14.0. The first kappa shape index (κ1) is 17.3. The van der Waals surface area contributed by atoms with E-state index < -0.39 is 0 Å². The number of carbonyl (C=O) groups excluding carboxylic acids is 2. The van der Waals surface area contributed by atoms with Gasteiger partial charge in [-0.05, 0) is 25.3 Å². The molecule has 2 amide bonds. The Morgan fingerprint density at radius 2 is 1.96 bits per heavy atom. The topological polar surface area (TPSA) is 58.6 Å². The molecule has 1 N–H and O–H groups in total. The van der Waals surface area contributed by atoms with Crippen molar-refractivity contribution in [1.82, 2.24) is 10.2 Å². The molecule has 0 aromatic heterocycles. The molecule has 23 heavy (non-hydrogen) atoms. The first-order valence-electron chi connectivity index (χ1n) is 8.33. The summed E-state index contributed by atoms with van der Waals surface area (Å²) in [5.74, 6) is 1.06. The molecule has 0 spiro atoms. The van der Waals surface area contributed by atoms with Crippen molar-refractivity contribution < 1.29 is 14.3 Å². The predicted molar refractivity (Wildman–Crippen MR) is 89.1 cm³/mol. The number of rotatable bonds is 6. The van der Waals surface area contributed by atoms with Crippen molar-refractivity contribution in [1.29, 1.82) is 0 Å². The number of para-hydroxylation sites is 1. The minimum absolute atomic E-state index is 0.00427. The van der Waals surface area contributed by atoms with Crippen LogP contribution in [0.5, 0.6) is 5.75 Å². The van der Waals surface area contributed by atoms with E-state index >= 15 is 0 Å². The Hall–Kier alpha value is -2.04. The van der Waals surface area contributed by atoms with Crippen molar-refractivity contribution in [3.8, 4) is 5.75 Å². The maximum absolute atomic E-state index is 12.3. The quantitative estimate of drug-likeness (QED) is 0.876. The van der Waals surface area contributed by atoms with E-state index in [-0.39, 0.29) is 17.7 Å². The third-order valence-electron chi connectivity index (χ3n) is 4.33. The van der Waals surface area contributed by atoms with Crippen molar-refractivity contribution in [3.05, 3.63) is 29.8 Å². The lowest BCUT2D eigenvalue weighted by atomic mass is 9.95. The third-order valence-corrected chi connectivity index (χ3v) is 4.33. The molecule has 0 aliphatic carbocycles. The van der Waals surface area contributed by atoms with Crippen LogP contribution in [0.3, 0.4) is 0 Å². The van der Waals surface area contributed by atoms with Gasteiger partial charge < -0.3 is 15.0 Å². The van der Waals surface area contributed by atoms with E-state index in [9.17, 15) is 9.59 Å². The Morgan fingerprint density at radius 3 is 2.61 bits per heavy atom. The first-order valence-corrected chi connectivity index (χ1v) is 8.33. The Bertz CT molecular complexity index is 537. The van der Waals surface area contributed by atoms with Crippen molar-refractivity contribution in [3.63, 3.8) is 0 Å². The van der Waals surface area contributed by atoms with Gasteiger partial charge in [0.25, 0.3) is 0 Å². The number of nitrogens with zero attached hydrogens (tertiary/aromatic N) is 1. The van der Waals surface area contributed by atoms with Crippen LogP contribution in [-0.2, 0) is 16.1 Å². The molecule has 1 aliphatic rings. The van der Waals surface area contributed by atoms with E-state index in [4.69, 9.17) is 4.74 Å². The minimum atomic E-state index is -0.00427. The number of piperidine rings is 1. The number of benzene rings is 1. The summed E-state index contributed by atoms with van der Waals surface area (Å²) in [5.41, 5.74) is 0.971. The number of amides is 2. The highest BCUT2D eigenvalue weighted by Crippen LogP contribution is 2.20. The van der Waals surface area contributed by atoms with Gasteiger partial charge in [-0.15, -0.1) is 0 Å². The van der Waals surface area contributed by atoms with Crippen LogP contribution in [0, 0.1) is 5.92 Å². The van der Waals surface area contributed by atoms with Crippen LogP contribution < -0.4 is 10.1 Å². The van der Waals surface area contributed by atoms with E-state index in [0.717, 1.165) is 30.6 Å². The second-order valence-electron chi connectivity index (χ2n) is 5.93. The summed E-state index contributed by atoms with van der Waals surface area (Å²) in [5, 5.41) is 2.99. The maximum atomic E-state index is 12.3. The molecule has 0 unspecified atom stereocenters. The molecule has 0 bridgehead atoms. The number of hydrogen-bond donors (Lipinski definition) is 1. The van der Waals surface area contributed by atoms with E-state index in [1.54, 1.807) is 7.11 Å². The van der Waals surface area contributed by atoms with E-state index in [1.165, 1.54) is 0 Å². The summed E-state index contributed by atoms with van der Waals surface area (Å²) in [6, 6.07) is 7.68. The predicted octanol–water partition coefficient (Wildman–Crippen LogP) is 2.35. The van der Waals surface area contributed by atoms with Gasteiger partial charge in [-0.2, -0.15) is 0 Å². The van der Waals surface area contributed by atoms with Crippen LogP contribution in [0.4, 0.5) is 0 Å². The lowest BCUT2D eigenvalue weighted by Gasteiger charge is -2.31. The molecule has 5 nitrogen and oxygen atoms in total. The largest absolute Gasteiger partial charge is 0.496 e. The summed E-state index contributed by atoms with van der Waals surface area (Å²) in [7, 11) is 1.63. The molecule has 1 aromatic rings. The summed E-state index contributed by atoms with van der Waals surface area (Å²) in [6.07, 6.45) is 2.96. The zero-order valence-corrected chi connectivity index (χ0v) is 14.0. The SMILES string of the molecule is CCCC(=O)N1CCC(C(=O)NCc2ccccc2OC)CC1. The lowest BCUT2D eigenvalue weighted by molar-refractivity contribution is -0.135. The summed E-state index contributed by atoms with van der Waals surface area (Å²) >= 11 is 0. The molecule has 1 fully saturated rings. The Balaban J connectivity index is 1.80. The molecule has 1 aliphatic heterocycles. The van der Waals surface area contributed by atoms with E-state index in [2.05, 4.69) is 5.32 Å². The van der Waals surface area contributed by atoms with Gasteiger partial charge in [0.15, 0.2) is 0 Å². The van der Waals surface area contributed by atoms with Gasteiger partial charge in [0.2, 0.25) is 11.8 Å². The van der Waals surface area contributed by atoms with Crippen molar-refractivity contribution >= 4 is 11.8 Å². The first-order chi connectivity index (χ1) is 11.2. The van der Waals surface area contributed by atoms with Crippen LogP contribution in [0.2, 0.25) is 0 Å². The third kappa shape index (κ3) is 4.71. The van der Waals surface area contributed by atoms with E-state index in [0.29, 0.717) is 26.1 Å². The van der Waals surface area contributed by atoms with Gasteiger partial charge >= 0.3 is 0 Å². The molecular formula is C18H26N2O3. The molecule has 2 rings (SSSR count). The smallest absolute Gasteiger partial charge is 0.223 e. The number of nitrogens with one attached hydrogen (secondary N) is 1. The molecule has 0 saturated carbocycles. The van der Waals surface area contributed by atoms with Gasteiger partial charge in [0, 0.05) is 37.5 Å². The fraction of sp³-hybridized carbons (Fsp3) is 0.556. The molecular weight excluding hydrogens is 292 g/mol. The van der Waals surface area contributed by atoms with Crippen LogP contribution >= 0.6 is 0 Å². The number of methoxy groups -OCH3 is 1. The van der Waals surface area contributed by atoms with Gasteiger partial charge in [-0.3, -0.25) is 9.59 Å². The average Bonchev–Trinajstić information content (AvgIpc) is 2.60. The van der Waals surface area contributed by atoms with Crippen molar-refractivity contribution in [2.24, 2.45) is 5.92 Å². The zero-order chi connectivity index (χ0) is 16.7. The standard InChI is InChI=1S/C18H26N2O3/c1-3-6-17(21)20-11-9-14(10-12-20)18(22)19-13-15-7-4-5-8-16(15)23-2/h4-5,7-8,14H,3,6,9-13H2,1-2H3,(H,19,22). The second kappa shape index (κ2) is 8.56. The minimum Gasteiger partial charge on any atom is -0.496 e. The monoisotopic (exact) mass is 318 g/mol. The van der Waals surface area contributed by atoms with Crippen LogP contribution in [-0.4, -0.2) is 36.9 Å². The van der Waals surface area contributed by atoms with Crippen molar-refractivity contribution in [2.45, 2.75) is 39.2 Å². The molecule has 0 atom stereocenters. The fourth-order valence-electron chi connectivity index (χ4n) is 2.94. The highest BCUT2D eigenvalue weighted by Gasteiger charge is 2.26. The normalized spacial score (nSPS) is 15.3. The molecule has 0 radical (unpaired) electrons. The number of ether oxygens (including phenoxy) is 1. The maximum Gasteiger partial charge on any atom is 0.223 e. The highest BCUT2D eigenvalue weighted by molar-refractivity contribution is 5.80. The van der Waals surface area contributed by atoms with Crippen LogP contribution in [0.25, 0.3) is 0 Å². The summed E-state index contributed by atoms with van der Waals surface area (Å²) in [4.78, 5) is 26.1. The molecule has 1 heterocycles. The summed E-state index contributed by atoms with van der Waals surface area (Å²) < 4.78 is 5.29. The van der Waals surface area contributed by atoms with Gasteiger partial charge in [-0.25, -0.2) is 0 Å².